The minimum Gasteiger partial charge on any atom is -0.310 e. The van der Waals surface area contributed by atoms with Gasteiger partial charge in [-0.2, -0.15) is 15.3 Å². The maximum absolute atomic E-state index is 13.2. The largest absolute Gasteiger partial charge is 0.310 e. The van der Waals surface area contributed by atoms with Gasteiger partial charge < -0.3 is 4.90 Å². The van der Waals surface area contributed by atoms with Crippen LogP contribution in [0.25, 0.3) is 16.7 Å². The summed E-state index contributed by atoms with van der Waals surface area (Å²) in [7, 11) is 0. The van der Waals surface area contributed by atoms with E-state index in [-0.39, 0.29) is 18.0 Å². The summed E-state index contributed by atoms with van der Waals surface area (Å²) < 4.78 is 1.31. The number of benzene rings is 1. The highest BCUT2D eigenvalue weighted by Crippen LogP contribution is 2.56. The molecule has 1 aliphatic heterocycles. The number of aromatic nitrogens is 4. The van der Waals surface area contributed by atoms with Crippen molar-refractivity contribution in [1.82, 2.24) is 20.0 Å². The van der Waals surface area contributed by atoms with Crippen LogP contribution in [0.1, 0.15) is 43.4 Å². The molecule has 0 saturated heterocycles. The Morgan fingerprint density at radius 3 is 2.70 bits per heavy atom. The van der Waals surface area contributed by atoms with E-state index < -0.39 is 0 Å². The zero-order chi connectivity index (χ0) is 22.4. The molecule has 166 valence electrons. The topological polar surface area (TPSA) is 81.0 Å². The highest BCUT2D eigenvalue weighted by molar-refractivity contribution is 5.97. The average Bonchev–Trinajstić information content (AvgIpc) is 3.45. The van der Waals surface area contributed by atoms with E-state index in [1.54, 1.807) is 23.4 Å². The van der Waals surface area contributed by atoms with Gasteiger partial charge in [0, 0.05) is 23.9 Å². The molecule has 1 amide bonds. The molecule has 1 spiro atoms. The molecule has 0 bridgehead atoms. The van der Waals surface area contributed by atoms with Crippen molar-refractivity contribution in [3.63, 3.8) is 0 Å². The molecule has 3 aromatic rings. The molecule has 0 N–H and O–H groups in total. The number of hydrogen-bond donors (Lipinski definition) is 0. The lowest BCUT2D eigenvalue weighted by Crippen LogP contribution is -2.36. The van der Waals surface area contributed by atoms with Crippen LogP contribution in [-0.4, -0.2) is 32.4 Å². The maximum Gasteiger partial charge on any atom is 0.267 e. The van der Waals surface area contributed by atoms with Gasteiger partial charge in [0.05, 0.1) is 18.1 Å². The second-order valence-electron chi connectivity index (χ2n) is 9.38. The first-order chi connectivity index (χ1) is 16.1. The molecule has 1 aromatic carbocycles. The fraction of sp³-hybridized carbons (Fsp3) is 0.346. The lowest BCUT2D eigenvalue weighted by molar-refractivity contribution is -0.119. The summed E-state index contributed by atoms with van der Waals surface area (Å²) in [5.41, 5.74) is 6.35. The van der Waals surface area contributed by atoms with E-state index in [9.17, 15) is 9.59 Å². The third-order valence-corrected chi connectivity index (χ3v) is 7.37. The summed E-state index contributed by atoms with van der Waals surface area (Å²) in [4.78, 5) is 27.5. The Kier molecular flexibility index (Phi) is 4.71. The van der Waals surface area contributed by atoms with Gasteiger partial charge in [-0.15, -0.1) is 0 Å². The van der Waals surface area contributed by atoms with Crippen molar-refractivity contribution in [1.29, 1.82) is 0 Å². The van der Waals surface area contributed by atoms with Gasteiger partial charge in [-0.1, -0.05) is 18.2 Å². The van der Waals surface area contributed by atoms with Crippen LogP contribution in [0.4, 0.5) is 5.69 Å². The number of rotatable bonds is 4. The number of carbonyl (C=O) groups excluding carboxylic acids is 1. The van der Waals surface area contributed by atoms with Gasteiger partial charge in [0.2, 0.25) is 5.91 Å². The molecular weight excluding hydrogens is 414 g/mol. The summed E-state index contributed by atoms with van der Waals surface area (Å²) in [6.45, 7) is 0.524. The first-order valence-electron chi connectivity index (χ1n) is 11.6. The van der Waals surface area contributed by atoms with Gasteiger partial charge >= 0.3 is 0 Å². The predicted octanol–water partition coefficient (Wildman–Crippen LogP) is 3.64. The van der Waals surface area contributed by atoms with Gasteiger partial charge in [-0.05, 0) is 78.8 Å². The van der Waals surface area contributed by atoms with E-state index in [0.717, 1.165) is 47.3 Å². The molecule has 3 heterocycles. The smallest absolute Gasteiger partial charge is 0.267 e. The number of carbonyl (C=O) groups is 1. The number of hydrogen-bond acceptors (Lipinski definition) is 5. The van der Waals surface area contributed by atoms with E-state index in [0.29, 0.717) is 12.0 Å². The van der Waals surface area contributed by atoms with Crippen LogP contribution in [0.15, 0.2) is 59.7 Å². The van der Waals surface area contributed by atoms with E-state index in [1.165, 1.54) is 35.6 Å². The third kappa shape index (κ3) is 3.67. The Morgan fingerprint density at radius 2 is 1.94 bits per heavy atom. The summed E-state index contributed by atoms with van der Waals surface area (Å²) in [5.74, 6) is -0.125. The first-order valence-corrected chi connectivity index (χ1v) is 11.6. The number of fused-ring (bicyclic) bond motifs is 1. The molecule has 2 aliphatic carbocycles. The SMILES string of the molecule is O=C(Cn1nc(C2=CCC3(CC2)CC3)ccc1=O)N1CCc2c(-c3ccnnc3)cccc21. The second kappa shape index (κ2) is 7.76. The van der Waals surface area contributed by atoms with Crippen molar-refractivity contribution >= 4 is 17.2 Å². The number of allylic oxidation sites excluding steroid dienone is 2. The quantitative estimate of drug-likeness (QED) is 0.620. The van der Waals surface area contributed by atoms with Crippen LogP contribution < -0.4 is 10.5 Å². The molecule has 1 saturated carbocycles. The lowest BCUT2D eigenvalue weighted by atomic mass is 9.86. The third-order valence-electron chi connectivity index (χ3n) is 7.37. The Bertz CT molecular complexity index is 1320. The van der Waals surface area contributed by atoms with Gasteiger partial charge in [-0.25, -0.2) is 4.68 Å². The monoisotopic (exact) mass is 439 g/mol. The second-order valence-corrected chi connectivity index (χ2v) is 9.38. The van der Waals surface area contributed by atoms with Crippen LogP contribution in [0.3, 0.4) is 0 Å². The predicted molar refractivity (Wildman–Crippen MR) is 126 cm³/mol. The maximum atomic E-state index is 13.2. The van der Waals surface area contributed by atoms with Crippen molar-refractivity contribution in [2.75, 3.05) is 11.4 Å². The van der Waals surface area contributed by atoms with Crippen LogP contribution >= 0.6 is 0 Å². The Morgan fingerprint density at radius 1 is 1.03 bits per heavy atom. The van der Waals surface area contributed by atoms with Gasteiger partial charge in [0.25, 0.3) is 5.56 Å². The minimum absolute atomic E-state index is 0.0651. The van der Waals surface area contributed by atoms with Crippen LogP contribution in [-0.2, 0) is 17.8 Å². The van der Waals surface area contributed by atoms with Crippen molar-refractivity contribution in [3.05, 3.63) is 76.5 Å². The Hall–Kier alpha value is -3.61. The van der Waals surface area contributed by atoms with Crippen molar-refractivity contribution < 1.29 is 4.79 Å². The Balaban J connectivity index is 1.25. The molecule has 33 heavy (non-hydrogen) atoms. The zero-order valence-electron chi connectivity index (χ0n) is 18.4. The minimum atomic E-state index is -0.252. The molecule has 7 heteroatoms. The summed E-state index contributed by atoms with van der Waals surface area (Å²) in [5, 5.41) is 12.4. The van der Waals surface area contributed by atoms with E-state index in [2.05, 4.69) is 21.4 Å². The van der Waals surface area contributed by atoms with Crippen molar-refractivity contribution in [3.8, 4) is 11.1 Å². The zero-order valence-corrected chi connectivity index (χ0v) is 18.4. The molecule has 6 rings (SSSR count). The van der Waals surface area contributed by atoms with Crippen molar-refractivity contribution in [2.45, 2.75) is 45.1 Å². The summed E-state index contributed by atoms with van der Waals surface area (Å²) in [6.07, 6.45) is 12.4. The van der Waals surface area contributed by atoms with Crippen LogP contribution in [0.2, 0.25) is 0 Å². The number of amides is 1. The molecule has 0 unspecified atom stereocenters. The van der Waals surface area contributed by atoms with Gasteiger partial charge in [0.15, 0.2) is 0 Å². The van der Waals surface area contributed by atoms with Crippen LogP contribution in [0.5, 0.6) is 0 Å². The standard InChI is InChI=1S/C26H25N5O2/c32-24-5-4-22(18-6-10-26(11-7-18)12-13-26)29-31(24)17-25(33)30-15-9-21-20(2-1-3-23(21)30)19-8-14-27-28-16-19/h1-6,8,14,16H,7,9-13,15,17H2. The van der Waals surface area contributed by atoms with Crippen molar-refractivity contribution in [2.24, 2.45) is 5.41 Å². The average molecular weight is 440 g/mol. The number of nitrogens with zero attached hydrogens (tertiary/aromatic N) is 5. The Labute approximate surface area is 191 Å². The van der Waals surface area contributed by atoms with Crippen LogP contribution in [0, 0.1) is 5.41 Å². The first kappa shape index (κ1) is 20.0. The van der Waals surface area contributed by atoms with E-state index in [4.69, 9.17) is 0 Å². The molecule has 1 fully saturated rings. The molecule has 0 atom stereocenters. The molecule has 7 nitrogen and oxygen atoms in total. The molecule has 0 radical (unpaired) electrons. The van der Waals surface area contributed by atoms with E-state index in [1.807, 2.05) is 24.3 Å². The molecule has 3 aliphatic rings. The normalized spacial score (nSPS) is 18.2. The van der Waals surface area contributed by atoms with E-state index >= 15 is 0 Å². The highest BCUT2D eigenvalue weighted by Gasteiger charge is 2.42. The fourth-order valence-corrected chi connectivity index (χ4v) is 5.17. The highest BCUT2D eigenvalue weighted by atomic mass is 16.2. The van der Waals surface area contributed by atoms with Gasteiger partial charge in [-0.3, -0.25) is 9.59 Å². The summed E-state index contributed by atoms with van der Waals surface area (Å²) >= 11 is 0. The molecule has 2 aromatic heterocycles. The molecular formula is C26H25N5O2. The number of anilines is 1. The lowest BCUT2D eigenvalue weighted by Gasteiger charge is -2.21. The fourth-order valence-electron chi connectivity index (χ4n) is 5.17. The summed E-state index contributed by atoms with van der Waals surface area (Å²) in [6, 6.07) is 11.2. The van der Waals surface area contributed by atoms with Gasteiger partial charge in [0.1, 0.15) is 6.54 Å².